The molecule has 42 heavy (non-hydrogen) atoms. The number of aliphatic hydroxyl groups excluding tert-OH is 1. The highest BCUT2D eigenvalue weighted by Crippen LogP contribution is 2.67. The van der Waals surface area contributed by atoms with Crippen LogP contribution in [0.3, 0.4) is 0 Å². The second kappa shape index (κ2) is 10.6. The molecule has 7 rings (SSSR count). The molecule has 3 heterocycles. The molecule has 8 heteroatoms. The molecule has 212 valence electrons. The number of thioether (sulfide) groups is 1. The Kier molecular flexibility index (Phi) is 6.75. The van der Waals surface area contributed by atoms with Crippen LogP contribution in [0.15, 0.2) is 103 Å². The number of carbonyl (C=O) groups is 3. The van der Waals surface area contributed by atoms with Crippen molar-refractivity contribution in [3.8, 4) is 0 Å². The molecule has 1 spiro atoms. The van der Waals surface area contributed by atoms with E-state index in [4.69, 9.17) is 0 Å². The molecule has 4 aromatic rings. The number of nitrogens with zero attached hydrogens (tertiary/aromatic N) is 1. The van der Waals surface area contributed by atoms with Gasteiger partial charge in [0.25, 0.3) is 0 Å². The lowest BCUT2D eigenvalue weighted by Gasteiger charge is -2.37. The zero-order valence-corrected chi connectivity index (χ0v) is 23.7. The lowest BCUT2D eigenvalue weighted by molar-refractivity contribution is -0.141. The molecule has 6 atom stereocenters. The average molecular weight is 578 g/mol. The van der Waals surface area contributed by atoms with Gasteiger partial charge in [-0.15, -0.1) is 11.8 Å². The summed E-state index contributed by atoms with van der Waals surface area (Å²) < 4.78 is -0.774. The van der Waals surface area contributed by atoms with Gasteiger partial charge in [0, 0.05) is 16.6 Å². The summed E-state index contributed by atoms with van der Waals surface area (Å²) in [4.78, 5) is 44.2. The largest absolute Gasteiger partial charge is 0.394 e. The quantitative estimate of drug-likeness (QED) is 0.279. The topological polar surface area (TPSA) is 98.7 Å². The van der Waals surface area contributed by atoms with Gasteiger partial charge in [-0.1, -0.05) is 78.9 Å². The summed E-state index contributed by atoms with van der Waals surface area (Å²) in [6.45, 7) is -0.340. The third kappa shape index (κ3) is 4.28. The Labute approximate surface area is 248 Å². The third-order valence-electron chi connectivity index (χ3n) is 9.04. The van der Waals surface area contributed by atoms with Crippen molar-refractivity contribution in [1.82, 2.24) is 4.90 Å². The van der Waals surface area contributed by atoms with Crippen LogP contribution in [0.4, 0.5) is 11.4 Å². The van der Waals surface area contributed by atoms with Gasteiger partial charge in [0.15, 0.2) is 0 Å². The van der Waals surface area contributed by atoms with Gasteiger partial charge in [0.2, 0.25) is 17.7 Å². The van der Waals surface area contributed by atoms with Crippen LogP contribution in [0.2, 0.25) is 0 Å². The maximum absolute atomic E-state index is 14.5. The fourth-order valence-corrected chi connectivity index (χ4v) is 9.49. The van der Waals surface area contributed by atoms with E-state index in [9.17, 15) is 19.5 Å². The molecule has 3 N–H and O–H groups in total. The summed E-state index contributed by atoms with van der Waals surface area (Å²) in [5.74, 6) is -2.00. The number of para-hydroxylation sites is 1. The van der Waals surface area contributed by atoms with E-state index in [1.807, 2.05) is 103 Å². The molecule has 0 aromatic heterocycles. The molecule has 3 aliphatic heterocycles. The molecule has 7 nitrogen and oxygen atoms in total. The Balaban J connectivity index is 1.28. The number of hydrogen-bond acceptors (Lipinski definition) is 5. The number of benzene rings is 4. The maximum atomic E-state index is 14.5. The fourth-order valence-electron chi connectivity index (χ4n) is 7.28. The van der Waals surface area contributed by atoms with Gasteiger partial charge in [-0.2, -0.15) is 0 Å². The standard InChI is InChI=1S/C34H31N3O4S/c38-20-26(22-10-3-1-4-11-22)37-30(32(40)36-25-16-15-21-9-7-8-12-23(21)19-25)34-18-17-27(42-34)28(29(34)33(37)41)31(39)35-24-13-5-2-6-14-24/h1-16,19,26-30,38H,17-18,20H2,(H,35,39)(H,36,40)/t26-,27-,28+,29+,30?,34?/m1/s1. The summed E-state index contributed by atoms with van der Waals surface area (Å²) in [5.41, 5.74) is 2.06. The van der Waals surface area contributed by atoms with Crippen molar-refractivity contribution in [2.45, 2.75) is 34.9 Å². The summed E-state index contributed by atoms with van der Waals surface area (Å²) in [6, 6.07) is 30.7. The van der Waals surface area contributed by atoms with Crippen molar-refractivity contribution >= 4 is 51.6 Å². The van der Waals surface area contributed by atoms with E-state index in [-0.39, 0.29) is 29.6 Å². The van der Waals surface area contributed by atoms with Crippen molar-refractivity contribution in [2.75, 3.05) is 17.2 Å². The summed E-state index contributed by atoms with van der Waals surface area (Å²) >= 11 is 1.61. The Hall–Kier alpha value is -4.14. The predicted octanol–water partition coefficient (Wildman–Crippen LogP) is 5.24. The zero-order chi connectivity index (χ0) is 28.8. The summed E-state index contributed by atoms with van der Waals surface area (Å²) in [6.07, 6.45) is 1.39. The lowest BCUT2D eigenvalue weighted by atomic mass is 9.70. The highest BCUT2D eigenvalue weighted by Gasteiger charge is 2.74. The number of amides is 3. The van der Waals surface area contributed by atoms with E-state index < -0.39 is 28.7 Å². The molecular formula is C34H31N3O4S. The van der Waals surface area contributed by atoms with Crippen molar-refractivity contribution in [1.29, 1.82) is 0 Å². The van der Waals surface area contributed by atoms with Gasteiger partial charge >= 0.3 is 0 Å². The van der Waals surface area contributed by atoms with Crippen molar-refractivity contribution in [3.63, 3.8) is 0 Å². The highest BCUT2D eigenvalue weighted by molar-refractivity contribution is 8.02. The fraction of sp³-hybridized carbons (Fsp3) is 0.265. The molecule has 2 unspecified atom stereocenters. The van der Waals surface area contributed by atoms with Crippen LogP contribution in [0.25, 0.3) is 10.8 Å². The summed E-state index contributed by atoms with van der Waals surface area (Å²) in [5, 5.41) is 18.8. The number of nitrogens with one attached hydrogen (secondary N) is 2. The Bertz CT molecular complexity index is 1670. The number of hydrogen-bond donors (Lipinski definition) is 3. The molecule has 3 saturated heterocycles. The Morgan fingerprint density at radius 1 is 0.857 bits per heavy atom. The molecule has 0 saturated carbocycles. The first kappa shape index (κ1) is 26.7. The van der Waals surface area contributed by atoms with E-state index in [1.54, 1.807) is 16.7 Å². The molecule has 0 aliphatic carbocycles. The maximum Gasteiger partial charge on any atom is 0.248 e. The number of anilines is 2. The van der Waals surface area contributed by atoms with E-state index >= 15 is 0 Å². The summed E-state index contributed by atoms with van der Waals surface area (Å²) in [7, 11) is 0. The first-order valence-electron chi connectivity index (χ1n) is 14.3. The Morgan fingerprint density at radius 3 is 2.26 bits per heavy atom. The molecule has 3 amide bonds. The smallest absolute Gasteiger partial charge is 0.248 e. The van der Waals surface area contributed by atoms with Crippen LogP contribution in [-0.2, 0) is 14.4 Å². The van der Waals surface area contributed by atoms with Crippen molar-refractivity contribution in [2.24, 2.45) is 11.8 Å². The minimum Gasteiger partial charge on any atom is -0.394 e. The SMILES string of the molecule is O=C(Nc1ccc2ccccc2c1)C1N([C@H](CO)c2ccccc2)C(=O)[C@@H]2[C@@H](C(=O)Nc3ccccc3)[C@H]3CCC12S3. The van der Waals surface area contributed by atoms with Crippen molar-refractivity contribution < 1.29 is 19.5 Å². The number of likely N-dealkylation sites (tertiary alicyclic amines) is 1. The van der Waals surface area contributed by atoms with Gasteiger partial charge in [-0.25, -0.2) is 0 Å². The van der Waals surface area contributed by atoms with Crippen LogP contribution >= 0.6 is 11.8 Å². The Morgan fingerprint density at radius 2 is 1.52 bits per heavy atom. The third-order valence-corrected chi connectivity index (χ3v) is 11.0. The van der Waals surface area contributed by atoms with E-state index in [2.05, 4.69) is 10.6 Å². The predicted molar refractivity (Wildman–Crippen MR) is 165 cm³/mol. The van der Waals surface area contributed by atoms with Gasteiger partial charge in [0.05, 0.1) is 29.2 Å². The normalized spacial score (nSPS) is 26.7. The van der Waals surface area contributed by atoms with Crippen LogP contribution in [0.5, 0.6) is 0 Å². The molecule has 4 aromatic carbocycles. The van der Waals surface area contributed by atoms with E-state index in [1.165, 1.54) is 0 Å². The first-order chi connectivity index (χ1) is 20.5. The first-order valence-corrected chi connectivity index (χ1v) is 15.2. The molecular weight excluding hydrogens is 546 g/mol. The van der Waals surface area contributed by atoms with Crippen LogP contribution in [0.1, 0.15) is 24.4 Å². The van der Waals surface area contributed by atoms with Crippen molar-refractivity contribution in [3.05, 3.63) is 109 Å². The minimum absolute atomic E-state index is 0.0647. The van der Waals surface area contributed by atoms with Gasteiger partial charge in [-0.3, -0.25) is 14.4 Å². The molecule has 2 bridgehead atoms. The van der Waals surface area contributed by atoms with Gasteiger partial charge in [0.1, 0.15) is 6.04 Å². The number of carbonyl (C=O) groups excluding carboxylic acids is 3. The monoisotopic (exact) mass is 577 g/mol. The highest BCUT2D eigenvalue weighted by atomic mass is 32.2. The zero-order valence-electron chi connectivity index (χ0n) is 22.9. The van der Waals surface area contributed by atoms with Crippen LogP contribution < -0.4 is 10.6 Å². The lowest BCUT2D eigenvalue weighted by Crippen LogP contribution is -2.52. The number of fused-ring (bicyclic) bond motifs is 2. The average Bonchev–Trinajstić information content (AvgIpc) is 3.66. The van der Waals surface area contributed by atoms with E-state index in [0.717, 1.165) is 22.8 Å². The molecule has 3 aliphatic rings. The minimum atomic E-state index is -0.858. The second-order valence-electron chi connectivity index (χ2n) is 11.3. The number of rotatable bonds is 7. The van der Waals surface area contributed by atoms with Gasteiger partial charge < -0.3 is 20.6 Å². The van der Waals surface area contributed by atoms with Crippen LogP contribution in [-0.4, -0.2) is 50.4 Å². The molecule has 0 radical (unpaired) electrons. The number of aliphatic hydroxyl groups is 1. The van der Waals surface area contributed by atoms with Gasteiger partial charge in [-0.05, 0) is 53.4 Å². The van der Waals surface area contributed by atoms with E-state index in [0.29, 0.717) is 17.8 Å². The second-order valence-corrected chi connectivity index (χ2v) is 12.9. The molecule has 3 fully saturated rings. The van der Waals surface area contributed by atoms with Crippen LogP contribution in [0, 0.1) is 11.8 Å².